The molecule has 0 spiro atoms. The van der Waals surface area contributed by atoms with E-state index >= 15 is 0 Å². The lowest BCUT2D eigenvalue weighted by Gasteiger charge is -2.08. The number of benzene rings is 1. The predicted octanol–water partition coefficient (Wildman–Crippen LogP) is -0.141. The lowest BCUT2D eigenvalue weighted by Crippen LogP contribution is -2.38. The van der Waals surface area contributed by atoms with Gasteiger partial charge in [-0.2, -0.15) is 0 Å². The molecule has 6 N–H and O–H groups in total. The monoisotopic (exact) mass is 248 g/mol. The van der Waals surface area contributed by atoms with Crippen LogP contribution in [0.25, 0.3) is 0 Å². The molecule has 2 rings (SSSR count). The average molecular weight is 248 g/mol. The van der Waals surface area contributed by atoms with Crippen LogP contribution in [0.1, 0.15) is 23.2 Å². The summed E-state index contributed by atoms with van der Waals surface area (Å²) in [5.74, 6) is -0.557. The summed E-state index contributed by atoms with van der Waals surface area (Å²) < 4.78 is 0. The number of carbonyl (C=O) groups excluding carboxylic acids is 2. The van der Waals surface area contributed by atoms with Crippen LogP contribution >= 0.6 is 0 Å². The number of nitrogens with one attached hydrogen (secondary N) is 2. The fraction of sp³-hybridized carbons (Fsp3) is 0.333. The molecule has 96 valence electrons. The Kier molecular flexibility index (Phi) is 3.36. The first-order valence-corrected chi connectivity index (χ1v) is 5.79. The van der Waals surface area contributed by atoms with Crippen molar-refractivity contribution < 1.29 is 9.59 Å². The molecule has 0 saturated heterocycles. The van der Waals surface area contributed by atoms with Crippen molar-refractivity contribution in [2.45, 2.75) is 18.9 Å². The van der Waals surface area contributed by atoms with Gasteiger partial charge in [0.2, 0.25) is 5.91 Å². The molecule has 0 heterocycles. The Bertz CT molecular complexity index is 483. The zero-order valence-corrected chi connectivity index (χ0v) is 9.90. The normalized spacial score (nSPS) is 14.0. The Morgan fingerprint density at radius 2 is 2.00 bits per heavy atom. The molecule has 0 radical (unpaired) electrons. The summed E-state index contributed by atoms with van der Waals surface area (Å²) in [6.45, 7) is -0.0425. The van der Waals surface area contributed by atoms with Crippen LogP contribution in [-0.2, 0) is 4.79 Å². The Hall–Kier alpha value is -2.24. The summed E-state index contributed by atoms with van der Waals surface area (Å²) in [6, 6.07) is 4.93. The summed E-state index contributed by atoms with van der Waals surface area (Å²) in [6.07, 6.45) is 2.04. The van der Waals surface area contributed by atoms with E-state index < -0.39 is 0 Å². The van der Waals surface area contributed by atoms with E-state index in [1.807, 2.05) is 0 Å². The van der Waals surface area contributed by atoms with E-state index in [-0.39, 0.29) is 24.4 Å². The highest BCUT2D eigenvalue weighted by Crippen LogP contribution is 2.18. The Balaban J connectivity index is 1.88. The van der Waals surface area contributed by atoms with E-state index in [4.69, 9.17) is 11.5 Å². The molecule has 0 bridgehead atoms. The third-order valence-electron chi connectivity index (χ3n) is 2.67. The molecule has 1 aromatic rings. The first-order chi connectivity index (χ1) is 8.56. The van der Waals surface area contributed by atoms with Gasteiger partial charge in [-0.1, -0.05) is 0 Å². The summed E-state index contributed by atoms with van der Waals surface area (Å²) in [5.41, 5.74) is 12.3. The van der Waals surface area contributed by atoms with Crippen LogP contribution in [0.4, 0.5) is 11.4 Å². The topological polar surface area (TPSA) is 110 Å². The van der Waals surface area contributed by atoms with E-state index in [0.29, 0.717) is 16.9 Å². The van der Waals surface area contributed by atoms with Crippen molar-refractivity contribution in [2.24, 2.45) is 0 Å². The first kappa shape index (κ1) is 12.2. The zero-order chi connectivity index (χ0) is 13.1. The predicted molar refractivity (Wildman–Crippen MR) is 68.8 cm³/mol. The van der Waals surface area contributed by atoms with Gasteiger partial charge in [-0.15, -0.1) is 0 Å². The number of nitrogens with two attached hydrogens (primary N) is 2. The quantitative estimate of drug-likeness (QED) is 0.556. The molecule has 6 heteroatoms. The maximum atomic E-state index is 11.8. The van der Waals surface area contributed by atoms with Crippen LogP contribution in [0.3, 0.4) is 0 Å². The Morgan fingerprint density at radius 3 is 2.61 bits per heavy atom. The van der Waals surface area contributed by atoms with E-state index in [9.17, 15) is 9.59 Å². The van der Waals surface area contributed by atoms with Crippen molar-refractivity contribution >= 4 is 23.2 Å². The second-order valence-electron chi connectivity index (χ2n) is 4.37. The van der Waals surface area contributed by atoms with Gasteiger partial charge in [-0.25, -0.2) is 0 Å². The number of hydrogen-bond donors (Lipinski definition) is 4. The molecule has 18 heavy (non-hydrogen) atoms. The fourth-order valence-corrected chi connectivity index (χ4v) is 1.55. The van der Waals surface area contributed by atoms with Gasteiger partial charge in [0.25, 0.3) is 5.91 Å². The molecule has 1 fully saturated rings. The van der Waals surface area contributed by atoms with Crippen LogP contribution in [0.2, 0.25) is 0 Å². The summed E-state index contributed by atoms with van der Waals surface area (Å²) in [5, 5.41) is 5.30. The molecule has 1 aliphatic rings. The number of amides is 2. The van der Waals surface area contributed by atoms with Crippen molar-refractivity contribution in [3.63, 3.8) is 0 Å². The first-order valence-electron chi connectivity index (χ1n) is 5.79. The van der Waals surface area contributed by atoms with Gasteiger partial charge < -0.3 is 22.1 Å². The number of nitrogen functional groups attached to an aromatic ring is 2. The number of anilines is 2. The molecule has 0 atom stereocenters. The highest BCUT2D eigenvalue weighted by molar-refractivity contribution is 6.01. The van der Waals surface area contributed by atoms with Gasteiger partial charge in [0.1, 0.15) is 0 Å². The van der Waals surface area contributed by atoms with Crippen LogP contribution in [0.15, 0.2) is 18.2 Å². The van der Waals surface area contributed by atoms with Crippen LogP contribution in [0, 0.1) is 0 Å². The van der Waals surface area contributed by atoms with Crippen LogP contribution in [-0.4, -0.2) is 24.4 Å². The van der Waals surface area contributed by atoms with Gasteiger partial charge in [-0.05, 0) is 31.0 Å². The smallest absolute Gasteiger partial charge is 0.253 e. The lowest BCUT2D eigenvalue weighted by molar-refractivity contribution is -0.120. The Morgan fingerprint density at radius 1 is 1.28 bits per heavy atom. The Labute approximate surface area is 105 Å². The third kappa shape index (κ3) is 3.13. The molecule has 1 aromatic carbocycles. The number of hydrogen-bond acceptors (Lipinski definition) is 4. The highest BCUT2D eigenvalue weighted by Gasteiger charge is 2.23. The molecule has 2 amide bonds. The van der Waals surface area contributed by atoms with Crippen LogP contribution < -0.4 is 22.1 Å². The van der Waals surface area contributed by atoms with E-state index in [1.54, 1.807) is 12.1 Å². The fourth-order valence-electron chi connectivity index (χ4n) is 1.55. The van der Waals surface area contributed by atoms with Crippen LogP contribution in [0.5, 0.6) is 0 Å². The molecule has 1 aliphatic carbocycles. The second kappa shape index (κ2) is 4.95. The van der Waals surface area contributed by atoms with Gasteiger partial charge in [0, 0.05) is 17.4 Å². The van der Waals surface area contributed by atoms with E-state index in [1.165, 1.54) is 6.07 Å². The molecular weight excluding hydrogens is 232 g/mol. The number of carbonyl (C=O) groups is 2. The summed E-state index contributed by atoms with van der Waals surface area (Å²) in [7, 11) is 0. The zero-order valence-electron chi connectivity index (χ0n) is 9.90. The van der Waals surface area contributed by atoms with Crippen molar-refractivity contribution in [3.8, 4) is 0 Å². The van der Waals surface area contributed by atoms with Gasteiger partial charge in [-0.3, -0.25) is 9.59 Å². The summed E-state index contributed by atoms with van der Waals surface area (Å²) >= 11 is 0. The van der Waals surface area contributed by atoms with Crippen molar-refractivity contribution in [1.82, 2.24) is 10.6 Å². The standard InChI is InChI=1S/C12H16N4O2/c13-7-1-4-9(10(14)5-7)12(18)15-6-11(17)16-8-2-3-8/h1,4-5,8H,2-3,6,13-14H2,(H,15,18)(H,16,17). The average Bonchev–Trinajstić information content (AvgIpc) is 3.10. The third-order valence-corrected chi connectivity index (χ3v) is 2.67. The second-order valence-corrected chi connectivity index (χ2v) is 4.37. The molecule has 1 saturated carbocycles. The molecule has 0 aliphatic heterocycles. The lowest BCUT2D eigenvalue weighted by atomic mass is 10.1. The minimum Gasteiger partial charge on any atom is -0.399 e. The maximum Gasteiger partial charge on any atom is 0.253 e. The summed E-state index contributed by atoms with van der Waals surface area (Å²) in [4.78, 5) is 23.2. The van der Waals surface area contributed by atoms with Gasteiger partial charge >= 0.3 is 0 Å². The minimum absolute atomic E-state index is 0.0425. The van der Waals surface area contributed by atoms with Gasteiger partial charge in [0.05, 0.1) is 12.1 Å². The van der Waals surface area contributed by atoms with Crippen molar-refractivity contribution in [1.29, 1.82) is 0 Å². The molecule has 0 unspecified atom stereocenters. The molecule has 0 aromatic heterocycles. The minimum atomic E-state index is -0.376. The van der Waals surface area contributed by atoms with E-state index in [2.05, 4.69) is 10.6 Å². The van der Waals surface area contributed by atoms with Crippen molar-refractivity contribution in [2.75, 3.05) is 18.0 Å². The highest BCUT2D eigenvalue weighted by atomic mass is 16.2. The van der Waals surface area contributed by atoms with E-state index in [0.717, 1.165) is 12.8 Å². The number of rotatable bonds is 4. The molecule has 6 nitrogen and oxygen atoms in total. The SMILES string of the molecule is Nc1ccc(C(=O)NCC(=O)NC2CC2)c(N)c1. The molecular formula is C12H16N4O2. The van der Waals surface area contributed by atoms with Gasteiger partial charge in [0.15, 0.2) is 0 Å². The van der Waals surface area contributed by atoms with Crippen molar-refractivity contribution in [3.05, 3.63) is 23.8 Å². The maximum absolute atomic E-state index is 11.8. The largest absolute Gasteiger partial charge is 0.399 e.